The summed E-state index contributed by atoms with van der Waals surface area (Å²) in [5.74, 6) is 0.145. The third-order valence-corrected chi connectivity index (χ3v) is 3.55. The Kier molecular flexibility index (Phi) is 5.35. The van der Waals surface area contributed by atoms with Crippen LogP contribution in [-0.4, -0.2) is 31.6 Å². The topological polar surface area (TPSA) is 38.3 Å². The van der Waals surface area contributed by atoms with E-state index in [1.165, 1.54) is 0 Å². The molecule has 1 fully saturated rings. The number of piperidine rings is 1. The molecule has 1 aromatic carbocycles. The molecule has 1 N–H and O–H groups in total. The number of ether oxygens (including phenoxy) is 1. The van der Waals surface area contributed by atoms with Crippen molar-refractivity contribution >= 4 is 21.7 Å². The summed E-state index contributed by atoms with van der Waals surface area (Å²) in [6.07, 6.45) is 2.70. The van der Waals surface area contributed by atoms with Gasteiger partial charge in [-0.1, -0.05) is 28.1 Å². The van der Waals surface area contributed by atoms with E-state index in [9.17, 15) is 4.79 Å². The number of nitrogens with one attached hydrogen (secondary N) is 1. The summed E-state index contributed by atoms with van der Waals surface area (Å²) in [6, 6.07) is 7.84. The van der Waals surface area contributed by atoms with Crippen LogP contribution in [0.3, 0.4) is 0 Å². The maximum Gasteiger partial charge on any atom is 0.162 e. The Morgan fingerprint density at radius 2 is 2.17 bits per heavy atom. The van der Waals surface area contributed by atoms with E-state index >= 15 is 0 Å². The number of carbonyl (C=O) groups is 1. The zero-order valence-corrected chi connectivity index (χ0v) is 11.9. The molecule has 0 spiro atoms. The lowest BCUT2D eigenvalue weighted by Crippen LogP contribution is -2.33. The number of benzene rings is 1. The highest BCUT2D eigenvalue weighted by Gasteiger charge is 2.14. The monoisotopic (exact) mass is 311 g/mol. The van der Waals surface area contributed by atoms with Crippen LogP contribution < -0.4 is 5.32 Å². The quantitative estimate of drug-likeness (QED) is 0.907. The molecule has 1 aliphatic heterocycles. The highest BCUT2D eigenvalue weighted by Crippen LogP contribution is 2.13. The van der Waals surface area contributed by atoms with Crippen molar-refractivity contribution in [2.45, 2.75) is 25.4 Å². The molecule has 1 aromatic rings. The number of hydrogen-bond acceptors (Lipinski definition) is 3. The van der Waals surface area contributed by atoms with E-state index in [0.717, 1.165) is 36.0 Å². The van der Waals surface area contributed by atoms with Crippen LogP contribution in [0, 0.1) is 0 Å². The fourth-order valence-corrected chi connectivity index (χ4v) is 2.55. The van der Waals surface area contributed by atoms with Gasteiger partial charge >= 0.3 is 0 Å². The number of halogens is 1. The summed E-state index contributed by atoms with van der Waals surface area (Å²) in [5.41, 5.74) is 1.03. The molecule has 0 saturated carbocycles. The number of hydrogen-bond donors (Lipinski definition) is 1. The van der Waals surface area contributed by atoms with Crippen LogP contribution in [0.25, 0.3) is 0 Å². The number of Topliss-reactive ketones (excluding diaryl/α,β-unsaturated/α-hetero) is 1. The largest absolute Gasteiger partial charge is 0.370 e. The van der Waals surface area contributed by atoms with Gasteiger partial charge in [-0.15, -0.1) is 0 Å². The fourth-order valence-electron chi connectivity index (χ4n) is 2.10. The summed E-state index contributed by atoms with van der Waals surface area (Å²) in [6.45, 7) is 2.21. The van der Waals surface area contributed by atoms with Crippen molar-refractivity contribution in [3.63, 3.8) is 0 Å². The first-order valence-electron chi connectivity index (χ1n) is 6.32. The standard InChI is InChI=1S/C14H18BrNO2/c15-12-3-1-2-11(8-12)9-13(17)10-18-14-4-6-16-7-5-14/h1-3,8,14,16H,4-7,9-10H2. The third-order valence-electron chi connectivity index (χ3n) is 3.06. The van der Waals surface area contributed by atoms with Gasteiger partial charge in [-0.25, -0.2) is 0 Å². The van der Waals surface area contributed by atoms with Gasteiger partial charge < -0.3 is 10.1 Å². The van der Waals surface area contributed by atoms with E-state index in [2.05, 4.69) is 21.2 Å². The molecule has 1 saturated heterocycles. The molecule has 0 aromatic heterocycles. The second-order valence-electron chi connectivity index (χ2n) is 4.61. The average Bonchev–Trinajstić information content (AvgIpc) is 2.38. The Balaban J connectivity index is 1.74. The van der Waals surface area contributed by atoms with E-state index in [1.54, 1.807) is 0 Å². The van der Waals surface area contributed by atoms with Crippen molar-refractivity contribution in [1.82, 2.24) is 5.32 Å². The zero-order valence-electron chi connectivity index (χ0n) is 10.3. The highest BCUT2D eigenvalue weighted by molar-refractivity contribution is 9.10. The van der Waals surface area contributed by atoms with Crippen molar-refractivity contribution in [3.05, 3.63) is 34.3 Å². The van der Waals surface area contributed by atoms with Crippen LogP contribution in [0.1, 0.15) is 18.4 Å². The van der Waals surface area contributed by atoms with Crippen molar-refractivity contribution in [2.24, 2.45) is 0 Å². The fraction of sp³-hybridized carbons (Fsp3) is 0.500. The molecule has 0 atom stereocenters. The lowest BCUT2D eigenvalue weighted by atomic mass is 10.1. The number of ketones is 1. The minimum atomic E-state index is 0.145. The Labute approximate surface area is 116 Å². The minimum absolute atomic E-state index is 0.145. The van der Waals surface area contributed by atoms with Gasteiger partial charge in [-0.3, -0.25) is 4.79 Å². The van der Waals surface area contributed by atoms with E-state index in [0.29, 0.717) is 6.42 Å². The van der Waals surface area contributed by atoms with Crippen LogP contribution in [-0.2, 0) is 16.0 Å². The molecule has 4 heteroatoms. The summed E-state index contributed by atoms with van der Waals surface area (Å²) in [4.78, 5) is 11.8. The molecular weight excluding hydrogens is 294 g/mol. The molecule has 1 aliphatic rings. The van der Waals surface area contributed by atoms with Crippen molar-refractivity contribution < 1.29 is 9.53 Å². The molecule has 1 heterocycles. The molecule has 18 heavy (non-hydrogen) atoms. The molecule has 0 amide bonds. The van der Waals surface area contributed by atoms with Crippen LogP contribution in [0.2, 0.25) is 0 Å². The first-order chi connectivity index (χ1) is 8.74. The number of carbonyl (C=O) groups excluding carboxylic acids is 1. The minimum Gasteiger partial charge on any atom is -0.370 e. The second kappa shape index (κ2) is 7.02. The Bertz CT molecular complexity index is 403. The summed E-state index contributed by atoms with van der Waals surface area (Å²) in [7, 11) is 0. The van der Waals surface area contributed by atoms with Gasteiger partial charge in [0.2, 0.25) is 0 Å². The van der Waals surface area contributed by atoms with E-state index in [-0.39, 0.29) is 18.5 Å². The SMILES string of the molecule is O=C(COC1CCNCC1)Cc1cccc(Br)c1. The Morgan fingerprint density at radius 3 is 2.89 bits per heavy atom. The summed E-state index contributed by atoms with van der Waals surface area (Å²) in [5, 5.41) is 3.28. The zero-order chi connectivity index (χ0) is 12.8. The smallest absolute Gasteiger partial charge is 0.162 e. The first-order valence-corrected chi connectivity index (χ1v) is 7.12. The van der Waals surface area contributed by atoms with Gasteiger partial charge in [-0.2, -0.15) is 0 Å². The predicted octanol–water partition coefficient (Wildman–Crippen LogP) is 2.33. The Hall–Kier alpha value is -0.710. The second-order valence-corrected chi connectivity index (χ2v) is 5.52. The van der Waals surface area contributed by atoms with Crippen molar-refractivity contribution in [1.29, 1.82) is 0 Å². The van der Waals surface area contributed by atoms with Gasteiger partial charge in [0.25, 0.3) is 0 Å². The third kappa shape index (κ3) is 4.52. The van der Waals surface area contributed by atoms with Gasteiger partial charge in [0, 0.05) is 10.9 Å². The maximum absolute atomic E-state index is 11.8. The van der Waals surface area contributed by atoms with E-state index in [4.69, 9.17) is 4.74 Å². The van der Waals surface area contributed by atoms with Gasteiger partial charge in [0.15, 0.2) is 5.78 Å². The van der Waals surface area contributed by atoms with E-state index in [1.807, 2.05) is 24.3 Å². The van der Waals surface area contributed by atoms with Crippen molar-refractivity contribution in [3.8, 4) is 0 Å². The normalized spacial score (nSPS) is 16.7. The van der Waals surface area contributed by atoms with Crippen LogP contribution in [0.15, 0.2) is 28.7 Å². The van der Waals surface area contributed by atoms with E-state index < -0.39 is 0 Å². The lowest BCUT2D eigenvalue weighted by molar-refractivity contribution is -0.125. The van der Waals surface area contributed by atoms with Gasteiger partial charge in [-0.05, 0) is 43.6 Å². The van der Waals surface area contributed by atoms with Gasteiger partial charge in [0.1, 0.15) is 6.61 Å². The average molecular weight is 312 g/mol. The predicted molar refractivity (Wildman–Crippen MR) is 74.7 cm³/mol. The molecule has 0 unspecified atom stereocenters. The van der Waals surface area contributed by atoms with Crippen molar-refractivity contribution in [2.75, 3.05) is 19.7 Å². The molecule has 0 aliphatic carbocycles. The Morgan fingerprint density at radius 1 is 1.39 bits per heavy atom. The highest BCUT2D eigenvalue weighted by atomic mass is 79.9. The van der Waals surface area contributed by atoms with Gasteiger partial charge in [0.05, 0.1) is 6.10 Å². The maximum atomic E-state index is 11.8. The van der Waals surface area contributed by atoms with Crippen LogP contribution in [0.5, 0.6) is 0 Å². The molecule has 0 radical (unpaired) electrons. The number of rotatable bonds is 5. The lowest BCUT2D eigenvalue weighted by Gasteiger charge is -2.22. The molecule has 3 nitrogen and oxygen atoms in total. The summed E-state index contributed by atoms with van der Waals surface area (Å²) >= 11 is 3.40. The molecule has 98 valence electrons. The molecule has 2 rings (SSSR count). The van der Waals surface area contributed by atoms with Crippen LogP contribution >= 0.6 is 15.9 Å². The first kappa shape index (κ1) is 13.7. The summed E-state index contributed by atoms with van der Waals surface area (Å²) < 4.78 is 6.65. The molecular formula is C14H18BrNO2. The molecule has 0 bridgehead atoms. The van der Waals surface area contributed by atoms with Crippen LogP contribution in [0.4, 0.5) is 0 Å².